The maximum absolute atomic E-state index is 11.9. The molecule has 2 rings (SSSR count). The summed E-state index contributed by atoms with van der Waals surface area (Å²) in [6.45, 7) is -0.567. The first-order chi connectivity index (χ1) is 12.9. The average Bonchev–Trinajstić information content (AvgIpc) is 3.17. The van der Waals surface area contributed by atoms with E-state index in [0.717, 1.165) is 6.42 Å². The van der Waals surface area contributed by atoms with Gasteiger partial charge in [0.25, 0.3) is 5.91 Å². The van der Waals surface area contributed by atoms with E-state index in [1.165, 1.54) is 49.9 Å². The number of carbonyl (C=O) groups excluding carboxylic acids is 3. The summed E-state index contributed by atoms with van der Waals surface area (Å²) < 4.78 is 0. The molecule has 0 aromatic heterocycles. The molecular weight excluding hydrogens is 350 g/mol. The second-order valence-electron chi connectivity index (χ2n) is 6.67. The highest BCUT2D eigenvalue weighted by Crippen LogP contribution is 2.28. The summed E-state index contributed by atoms with van der Waals surface area (Å²) in [4.78, 5) is 45.9. The van der Waals surface area contributed by atoms with E-state index in [1.807, 2.05) is 0 Å². The molecule has 0 aliphatic heterocycles. The maximum atomic E-state index is 11.9. The van der Waals surface area contributed by atoms with E-state index >= 15 is 0 Å². The summed E-state index contributed by atoms with van der Waals surface area (Å²) in [6.07, 6.45) is 6.19. The fourth-order valence-corrected chi connectivity index (χ4v) is 3.07. The normalized spacial score (nSPS) is 13.8. The quantitative estimate of drug-likeness (QED) is 0.521. The van der Waals surface area contributed by atoms with Crippen LogP contribution in [0.1, 0.15) is 48.9 Å². The predicted molar refractivity (Wildman–Crippen MR) is 99.2 cm³/mol. The van der Waals surface area contributed by atoms with E-state index in [4.69, 9.17) is 5.11 Å². The molecule has 0 unspecified atom stereocenters. The van der Waals surface area contributed by atoms with Gasteiger partial charge in [-0.15, -0.1) is 0 Å². The van der Waals surface area contributed by atoms with Crippen LogP contribution in [0.25, 0.3) is 0 Å². The van der Waals surface area contributed by atoms with Crippen molar-refractivity contribution in [3.8, 4) is 0 Å². The van der Waals surface area contributed by atoms with Crippen molar-refractivity contribution in [3.05, 3.63) is 29.8 Å². The monoisotopic (exact) mass is 375 g/mol. The van der Waals surface area contributed by atoms with E-state index < -0.39 is 18.4 Å². The number of anilines is 1. The minimum atomic E-state index is -1.13. The van der Waals surface area contributed by atoms with Gasteiger partial charge in [0.2, 0.25) is 11.8 Å². The molecule has 8 nitrogen and oxygen atoms in total. The van der Waals surface area contributed by atoms with Crippen molar-refractivity contribution in [2.75, 3.05) is 18.4 Å². The van der Waals surface area contributed by atoms with Gasteiger partial charge < -0.3 is 21.1 Å². The molecule has 1 fully saturated rings. The molecule has 146 valence electrons. The highest BCUT2D eigenvalue weighted by Gasteiger charge is 2.16. The molecular formula is C19H25N3O5. The Labute approximate surface area is 157 Å². The van der Waals surface area contributed by atoms with Crippen molar-refractivity contribution < 1.29 is 24.3 Å². The minimum absolute atomic E-state index is 0.107. The van der Waals surface area contributed by atoms with Crippen molar-refractivity contribution in [1.82, 2.24) is 10.6 Å². The van der Waals surface area contributed by atoms with Crippen LogP contribution < -0.4 is 16.0 Å². The Hall–Kier alpha value is -2.90. The van der Waals surface area contributed by atoms with Gasteiger partial charge in [-0.05, 0) is 36.6 Å². The topological polar surface area (TPSA) is 125 Å². The first kappa shape index (κ1) is 20.4. The first-order valence-electron chi connectivity index (χ1n) is 9.10. The lowest BCUT2D eigenvalue weighted by atomic mass is 10.0. The Morgan fingerprint density at radius 1 is 0.926 bits per heavy atom. The predicted octanol–water partition coefficient (Wildman–Crippen LogP) is 1.53. The molecule has 1 aromatic rings. The Morgan fingerprint density at radius 3 is 2.22 bits per heavy atom. The summed E-state index contributed by atoms with van der Waals surface area (Å²) >= 11 is 0. The Bertz CT molecular complexity index is 681. The van der Waals surface area contributed by atoms with E-state index in [0.29, 0.717) is 18.0 Å². The van der Waals surface area contributed by atoms with Gasteiger partial charge in [0, 0.05) is 17.7 Å². The smallest absolute Gasteiger partial charge is 0.322 e. The van der Waals surface area contributed by atoms with Gasteiger partial charge in [-0.3, -0.25) is 19.2 Å². The molecule has 0 bridgehead atoms. The first-order valence-corrected chi connectivity index (χ1v) is 9.10. The number of carboxylic acids is 1. The second-order valence-corrected chi connectivity index (χ2v) is 6.67. The van der Waals surface area contributed by atoms with Gasteiger partial charge in [-0.1, -0.05) is 25.7 Å². The molecule has 0 atom stereocenters. The van der Waals surface area contributed by atoms with E-state index in [2.05, 4.69) is 16.0 Å². The van der Waals surface area contributed by atoms with Crippen LogP contribution in [0.15, 0.2) is 24.3 Å². The Kier molecular flexibility index (Phi) is 7.79. The highest BCUT2D eigenvalue weighted by molar-refractivity contribution is 5.97. The van der Waals surface area contributed by atoms with Crippen LogP contribution in [-0.2, 0) is 14.4 Å². The maximum Gasteiger partial charge on any atom is 0.322 e. The van der Waals surface area contributed by atoms with Crippen molar-refractivity contribution in [3.63, 3.8) is 0 Å². The van der Waals surface area contributed by atoms with Crippen LogP contribution in [0, 0.1) is 5.92 Å². The molecule has 3 amide bonds. The average molecular weight is 375 g/mol. The number of benzene rings is 1. The van der Waals surface area contributed by atoms with Crippen LogP contribution in [0.2, 0.25) is 0 Å². The van der Waals surface area contributed by atoms with Gasteiger partial charge in [-0.25, -0.2) is 0 Å². The van der Waals surface area contributed by atoms with Gasteiger partial charge in [-0.2, -0.15) is 0 Å². The third kappa shape index (κ3) is 7.47. The van der Waals surface area contributed by atoms with Crippen LogP contribution in [0.5, 0.6) is 0 Å². The number of hydrogen-bond donors (Lipinski definition) is 4. The van der Waals surface area contributed by atoms with Gasteiger partial charge in [0.1, 0.15) is 6.54 Å². The lowest BCUT2D eigenvalue weighted by molar-refractivity contribution is -0.135. The van der Waals surface area contributed by atoms with Crippen molar-refractivity contribution >= 4 is 29.4 Å². The number of amides is 3. The van der Waals surface area contributed by atoms with Gasteiger partial charge in [0.05, 0.1) is 6.54 Å². The Balaban J connectivity index is 1.69. The second kappa shape index (κ2) is 10.3. The zero-order chi connectivity index (χ0) is 19.6. The van der Waals surface area contributed by atoms with Crippen LogP contribution in [-0.4, -0.2) is 41.9 Å². The summed E-state index contributed by atoms with van der Waals surface area (Å²) in [7, 11) is 0. The molecule has 0 saturated heterocycles. The molecule has 4 N–H and O–H groups in total. The molecule has 0 heterocycles. The van der Waals surface area contributed by atoms with Gasteiger partial charge in [0.15, 0.2) is 0 Å². The Morgan fingerprint density at radius 2 is 1.59 bits per heavy atom. The molecule has 1 aliphatic carbocycles. The molecule has 0 spiro atoms. The zero-order valence-electron chi connectivity index (χ0n) is 15.1. The third-order valence-electron chi connectivity index (χ3n) is 4.53. The molecule has 1 saturated carbocycles. The standard InChI is InChI=1S/C19H25N3O5/c23-16(10-5-13-3-1-2-4-13)20-11-17(24)22-15-8-6-14(7-9-15)19(27)21-12-18(25)26/h6-9,13H,1-5,10-12H2,(H,20,23)(H,21,27)(H,22,24)(H,25,26). The summed E-state index contributed by atoms with van der Waals surface area (Å²) in [5.74, 6) is -1.48. The SMILES string of the molecule is O=C(O)CNC(=O)c1ccc(NC(=O)CNC(=O)CCC2CCCC2)cc1. The van der Waals surface area contributed by atoms with Crippen LogP contribution >= 0.6 is 0 Å². The molecule has 27 heavy (non-hydrogen) atoms. The minimum Gasteiger partial charge on any atom is -0.480 e. The number of nitrogens with one attached hydrogen (secondary N) is 3. The van der Waals surface area contributed by atoms with E-state index in [9.17, 15) is 19.2 Å². The fraction of sp³-hybridized carbons (Fsp3) is 0.474. The number of aliphatic carboxylic acids is 1. The summed E-state index contributed by atoms with van der Waals surface area (Å²) in [5, 5.41) is 16.0. The molecule has 1 aromatic carbocycles. The summed E-state index contributed by atoms with van der Waals surface area (Å²) in [6, 6.07) is 6.03. The van der Waals surface area contributed by atoms with E-state index in [-0.39, 0.29) is 23.9 Å². The number of hydrogen-bond acceptors (Lipinski definition) is 4. The summed E-state index contributed by atoms with van der Waals surface area (Å²) in [5.41, 5.74) is 0.768. The van der Waals surface area contributed by atoms with Crippen molar-refractivity contribution in [2.45, 2.75) is 38.5 Å². The zero-order valence-corrected chi connectivity index (χ0v) is 15.1. The van der Waals surface area contributed by atoms with E-state index in [1.54, 1.807) is 0 Å². The van der Waals surface area contributed by atoms with Crippen LogP contribution in [0.3, 0.4) is 0 Å². The highest BCUT2D eigenvalue weighted by atomic mass is 16.4. The molecule has 8 heteroatoms. The van der Waals surface area contributed by atoms with Gasteiger partial charge >= 0.3 is 5.97 Å². The lowest BCUT2D eigenvalue weighted by Gasteiger charge is -2.10. The molecule has 1 aliphatic rings. The largest absolute Gasteiger partial charge is 0.480 e. The lowest BCUT2D eigenvalue weighted by Crippen LogP contribution is -2.33. The van der Waals surface area contributed by atoms with Crippen LogP contribution in [0.4, 0.5) is 5.69 Å². The molecule has 0 radical (unpaired) electrons. The van der Waals surface area contributed by atoms with Crippen molar-refractivity contribution in [1.29, 1.82) is 0 Å². The third-order valence-corrected chi connectivity index (χ3v) is 4.53. The van der Waals surface area contributed by atoms with Crippen molar-refractivity contribution in [2.24, 2.45) is 5.92 Å². The fourth-order valence-electron chi connectivity index (χ4n) is 3.07. The number of carbonyl (C=O) groups is 4. The number of carboxylic acid groups (broad SMARTS) is 1. The number of rotatable bonds is 9.